The quantitative estimate of drug-likeness (QED) is 0.873. The molecule has 2 aromatic rings. The van der Waals surface area contributed by atoms with E-state index >= 15 is 0 Å². The van der Waals surface area contributed by atoms with Crippen LogP contribution in [0.4, 0.5) is 0 Å². The van der Waals surface area contributed by atoms with Gasteiger partial charge in [-0.2, -0.15) is 0 Å². The molecule has 2 rings (SSSR count). The standard InChI is InChI=1S/C16H21N3O/c1-4-12(2)13-5-7-15(8-6-13)20-16-11-18-14(9-17-3)10-19-16/h5-8,10-12,17H,4,9H2,1-3H3. The molecule has 0 fully saturated rings. The van der Waals surface area contributed by atoms with Crippen molar-refractivity contribution in [1.29, 1.82) is 0 Å². The van der Waals surface area contributed by atoms with Crippen LogP contribution in [0.1, 0.15) is 37.4 Å². The van der Waals surface area contributed by atoms with Gasteiger partial charge < -0.3 is 10.1 Å². The fraction of sp³-hybridized carbons (Fsp3) is 0.375. The molecule has 1 N–H and O–H groups in total. The maximum absolute atomic E-state index is 5.69. The van der Waals surface area contributed by atoms with E-state index in [1.54, 1.807) is 12.4 Å². The molecule has 4 nitrogen and oxygen atoms in total. The van der Waals surface area contributed by atoms with Crippen molar-refractivity contribution in [3.63, 3.8) is 0 Å². The third-order valence-electron chi connectivity index (χ3n) is 3.32. The first-order valence-corrected chi connectivity index (χ1v) is 6.96. The molecular weight excluding hydrogens is 250 g/mol. The van der Waals surface area contributed by atoms with Crippen molar-refractivity contribution in [3.8, 4) is 11.6 Å². The summed E-state index contributed by atoms with van der Waals surface area (Å²) < 4.78 is 5.69. The molecule has 0 saturated carbocycles. The highest BCUT2D eigenvalue weighted by atomic mass is 16.5. The van der Waals surface area contributed by atoms with Gasteiger partial charge in [0.15, 0.2) is 0 Å². The molecule has 20 heavy (non-hydrogen) atoms. The van der Waals surface area contributed by atoms with Gasteiger partial charge in [0.2, 0.25) is 5.88 Å². The Hall–Kier alpha value is -1.94. The van der Waals surface area contributed by atoms with Crippen molar-refractivity contribution < 1.29 is 4.74 Å². The Morgan fingerprint density at radius 1 is 1.15 bits per heavy atom. The summed E-state index contributed by atoms with van der Waals surface area (Å²) in [4.78, 5) is 8.52. The third-order valence-corrected chi connectivity index (χ3v) is 3.32. The zero-order chi connectivity index (χ0) is 14.4. The minimum Gasteiger partial charge on any atom is -0.438 e. The van der Waals surface area contributed by atoms with Crippen molar-refractivity contribution >= 4 is 0 Å². The van der Waals surface area contributed by atoms with E-state index in [9.17, 15) is 0 Å². The summed E-state index contributed by atoms with van der Waals surface area (Å²) in [5, 5.41) is 3.03. The Kier molecular flexibility index (Phi) is 5.07. The number of hydrogen-bond acceptors (Lipinski definition) is 4. The zero-order valence-electron chi connectivity index (χ0n) is 12.3. The maximum Gasteiger partial charge on any atom is 0.237 e. The van der Waals surface area contributed by atoms with Gasteiger partial charge in [-0.3, -0.25) is 4.98 Å². The van der Waals surface area contributed by atoms with Crippen LogP contribution in [0.5, 0.6) is 11.6 Å². The molecule has 0 spiro atoms. The highest BCUT2D eigenvalue weighted by Crippen LogP contribution is 2.23. The van der Waals surface area contributed by atoms with Gasteiger partial charge in [-0.05, 0) is 37.1 Å². The number of benzene rings is 1. The molecule has 1 aromatic heterocycles. The lowest BCUT2D eigenvalue weighted by Crippen LogP contribution is -2.07. The molecule has 1 heterocycles. The summed E-state index contributed by atoms with van der Waals surface area (Å²) in [7, 11) is 1.88. The fourth-order valence-corrected chi connectivity index (χ4v) is 1.89. The van der Waals surface area contributed by atoms with Gasteiger partial charge >= 0.3 is 0 Å². The lowest BCUT2D eigenvalue weighted by Gasteiger charge is -2.10. The van der Waals surface area contributed by atoms with Crippen LogP contribution in [-0.4, -0.2) is 17.0 Å². The van der Waals surface area contributed by atoms with E-state index in [0.717, 1.165) is 17.9 Å². The van der Waals surface area contributed by atoms with Crippen LogP contribution in [0.2, 0.25) is 0 Å². The molecule has 1 unspecified atom stereocenters. The van der Waals surface area contributed by atoms with Crippen LogP contribution in [-0.2, 0) is 6.54 Å². The first-order chi connectivity index (χ1) is 9.72. The van der Waals surface area contributed by atoms with Gasteiger partial charge in [0, 0.05) is 6.54 Å². The van der Waals surface area contributed by atoms with Crippen LogP contribution in [0.25, 0.3) is 0 Å². The van der Waals surface area contributed by atoms with Gasteiger partial charge in [0.25, 0.3) is 0 Å². The summed E-state index contributed by atoms with van der Waals surface area (Å²) in [6.07, 6.45) is 4.51. The Morgan fingerprint density at radius 3 is 2.45 bits per heavy atom. The molecule has 1 atom stereocenters. The Morgan fingerprint density at radius 2 is 1.90 bits per heavy atom. The van der Waals surface area contributed by atoms with E-state index in [-0.39, 0.29) is 0 Å². The van der Waals surface area contributed by atoms with Crippen LogP contribution in [0.3, 0.4) is 0 Å². The SMILES string of the molecule is CCC(C)c1ccc(Oc2cnc(CNC)cn2)cc1. The van der Waals surface area contributed by atoms with E-state index < -0.39 is 0 Å². The summed E-state index contributed by atoms with van der Waals surface area (Å²) in [5.41, 5.74) is 2.22. The average Bonchev–Trinajstić information content (AvgIpc) is 2.49. The summed E-state index contributed by atoms with van der Waals surface area (Å²) in [6.45, 7) is 5.12. The minimum absolute atomic E-state index is 0.515. The van der Waals surface area contributed by atoms with Crippen molar-refractivity contribution in [3.05, 3.63) is 47.9 Å². The van der Waals surface area contributed by atoms with Crippen LogP contribution < -0.4 is 10.1 Å². The van der Waals surface area contributed by atoms with Crippen LogP contribution in [0, 0.1) is 0 Å². The van der Waals surface area contributed by atoms with Crippen molar-refractivity contribution in [1.82, 2.24) is 15.3 Å². The number of nitrogens with zero attached hydrogens (tertiary/aromatic N) is 2. The molecule has 0 aliphatic heterocycles. The van der Waals surface area contributed by atoms with Crippen molar-refractivity contribution in [2.45, 2.75) is 32.7 Å². The van der Waals surface area contributed by atoms with E-state index in [0.29, 0.717) is 18.3 Å². The van der Waals surface area contributed by atoms with Crippen molar-refractivity contribution in [2.24, 2.45) is 0 Å². The predicted octanol–water partition coefficient (Wildman–Crippen LogP) is 3.50. The molecule has 1 aromatic carbocycles. The zero-order valence-corrected chi connectivity index (χ0v) is 12.3. The van der Waals surface area contributed by atoms with Crippen LogP contribution in [0.15, 0.2) is 36.7 Å². The third kappa shape index (κ3) is 3.78. The van der Waals surface area contributed by atoms with Crippen LogP contribution >= 0.6 is 0 Å². The van der Waals surface area contributed by atoms with Gasteiger partial charge in [0.1, 0.15) is 5.75 Å². The number of nitrogens with one attached hydrogen (secondary N) is 1. The maximum atomic E-state index is 5.69. The Bertz CT molecular complexity index is 522. The normalized spacial score (nSPS) is 12.2. The Balaban J connectivity index is 2.02. The second-order valence-electron chi connectivity index (χ2n) is 4.86. The predicted molar refractivity (Wildman–Crippen MR) is 80.0 cm³/mol. The molecule has 0 aliphatic rings. The summed E-state index contributed by atoms with van der Waals surface area (Å²) >= 11 is 0. The number of rotatable bonds is 6. The lowest BCUT2D eigenvalue weighted by atomic mass is 9.99. The smallest absolute Gasteiger partial charge is 0.237 e. The fourth-order valence-electron chi connectivity index (χ4n) is 1.89. The number of aromatic nitrogens is 2. The first kappa shape index (κ1) is 14.5. The highest BCUT2D eigenvalue weighted by molar-refractivity contribution is 5.31. The van der Waals surface area contributed by atoms with E-state index in [1.165, 1.54) is 5.56 Å². The average molecular weight is 271 g/mol. The topological polar surface area (TPSA) is 47.0 Å². The highest BCUT2D eigenvalue weighted by Gasteiger charge is 2.04. The molecule has 0 amide bonds. The van der Waals surface area contributed by atoms with E-state index in [2.05, 4.69) is 41.3 Å². The number of hydrogen-bond donors (Lipinski definition) is 1. The summed E-state index contributed by atoms with van der Waals surface area (Å²) in [5.74, 6) is 1.87. The largest absolute Gasteiger partial charge is 0.438 e. The van der Waals surface area contributed by atoms with Gasteiger partial charge in [-0.1, -0.05) is 26.0 Å². The van der Waals surface area contributed by atoms with Gasteiger partial charge in [-0.15, -0.1) is 0 Å². The van der Waals surface area contributed by atoms with Gasteiger partial charge in [0.05, 0.1) is 18.1 Å². The monoisotopic (exact) mass is 271 g/mol. The molecule has 4 heteroatoms. The lowest BCUT2D eigenvalue weighted by molar-refractivity contribution is 0.458. The first-order valence-electron chi connectivity index (χ1n) is 6.96. The van der Waals surface area contributed by atoms with E-state index in [1.807, 2.05) is 19.2 Å². The minimum atomic E-state index is 0.515. The molecule has 0 saturated heterocycles. The van der Waals surface area contributed by atoms with Gasteiger partial charge in [-0.25, -0.2) is 4.98 Å². The van der Waals surface area contributed by atoms with E-state index in [4.69, 9.17) is 4.74 Å². The number of ether oxygens (including phenoxy) is 1. The second-order valence-corrected chi connectivity index (χ2v) is 4.86. The molecular formula is C16H21N3O. The molecule has 0 bridgehead atoms. The summed E-state index contributed by atoms with van der Waals surface area (Å²) in [6, 6.07) is 8.16. The van der Waals surface area contributed by atoms with Crippen molar-refractivity contribution in [2.75, 3.05) is 7.05 Å². The molecule has 106 valence electrons. The molecule has 0 radical (unpaired) electrons. The molecule has 0 aliphatic carbocycles. The second kappa shape index (κ2) is 7.01. The Labute approximate surface area is 120 Å².